The molecule has 0 saturated carbocycles. The first-order valence-electron chi connectivity index (χ1n) is 16.8. The quantitative estimate of drug-likeness (QED) is 0.147. The van der Waals surface area contributed by atoms with Gasteiger partial charge in [0, 0.05) is 30.6 Å². The number of rotatable bonds is 14. The lowest BCUT2D eigenvalue weighted by Gasteiger charge is -2.23. The zero-order chi connectivity index (χ0) is 37.7. The molecule has 0 aliphatic carbocycles. The number of aliphatic carboxylic acids is 1. The molecule has 46 heavy (non-hydrogen) atoms. The van der Waals surface area contributed by atoms with E-state index in [2.05, 4.69) is 69.2 Å². The average molecular weight is 659 g/mol. The first-order valence-corrected chi connectivity index (χ1v) is 16.8. The Labute approximate surface area is 282 Å². The Balaban J connectivity index is -0.000000263. The molecule has 0 rings (SSSR count). The molecule has 0 spiro atoms. The van der Waals surface area contributed by atoms with Crippen LogP contribution in [0.5, 0.6) is 0 Å². The van der Waals surface area contributed by atoms with Gasteiger partial charge in [0.25, 0.3) is 0 Å². The van der Waals surface area contributed by atoms with Crippen LogP contribution in [0.3, 0.4) is 0 Å². The maximum atomic E-state index is 11.1. The van der Waals surface area contributed by atoms with E-state index in [9.17, 15) is 24.0 Å². The van der Waals surface area contributed by atoms with Gasteiger partial charge in [0.05, 0.1) is 6.61 Å². The molecular formula is C37H74N2O7. The smallest absolute Gasteiger partial charge is 0.303 e. The number of primary amides is 2. The van der Waals surface area contributed by atoms with Gasteiger partial charge in [-0.1, -0.05) is 96.4 Å². The number of carboxylic acids is 1. The Morgan fingerprint density at radius 3 is 1.07 bits per heavy atom. The number of Topliss-reactive ketones (excluding diaryl/α,β-unsaturated/α-hetero) is 2. The van der Waals surface area contributed by atoms with Crippen molar-refractivity contribution in [2.24, 2.45) is 50.9 Å². The predicted molar refractivity (Wildman–Crippen MR) is 190 cm³/mol. The number of aliphatic hydroxyl groups excluding tert-OH is 1. The van der Waals surface area contributed by atoms with E-state index in [1.165, 1.54) is 26.7 Å². The lowest BCUT2D eigenvalue weighted by atomic mass is 9.82. The predicted octanol–water partition coefficient (Wildman–Crippen LogP) is 7.73. The molecule has 0 aliphatic rings. The summed E-state index contributed by atoms with van der Waals surface area (Å²) in [6, 6.07) is 0. The summed E-state index contributed by atoms with van der Waals surface area (Å²) in [6.07, 6.45) is 6.16. The molecule has 0 aliphatic heterocycles. The van der Waals surface area contributed by atoms with Crippen LogP contribution in [-0.2, 0) is 24.0 Å². The molecule has 2 amide bonds. The van der Waals surface area contributed by atoms with Crippen LogP contribution >= 0.6 is 0 Å². The topological polar surface area (TPSA) is 178 Å². The normalized spacial score (nSPS) is 13.7. The fourth-order valence-electron chi connectivity index (χ4n) is 4.67. The number of carbonyl (C=O) groups is 5. The first kappa shape index (κ1) is 50.6. The Kier molecular flexibility index (Phi) is 26.3. The second kappa shape index (κ2) is 23.9. The number of aliphatic hydroxyl groups is 1. The van der Waals surface area contributed by atoms with Gasteiger partial charge in [-0.25, -0.2) is 0 Å². The third-order valence-electron chi connectivity index (χ3n) is 6.73. The number of nitrogens with two attached hydrogens (primary N) is 2. The third kappa shape index (κ3) is 41.7. The van der Waals surface area contributed by atoms with E-state index < -0.39 is 11.9 Å². The lowest BCUT2D eigenvalue weighted by molar-refractivity contribution is -0.137. The molecule has 0 aromatic carbocycles. The third-order valence-corrected chi connectivity index (χ3v) is 6.73. The lowest BCUT2D eigenvalue weighted by Crippen LogP contribution is -2.27. The molecule has 6 N–H and O–H groups in total. The summed E-state index contributed by atoms with van der Waals surface area (Å²) >= 11 is 0. The summed E-state index contributed by atoms with van der Waals surface area (Å²) in [7, 11) is 0. The van der Waals surface area contributed by atoms with Crippen molar-refractivity contribution in [3.8, 4) is 0 Å². The molecule has 0 aromatic heterocycles. The van der Waals surface area contributed by atoms with E-state index in [0.29, 0.717) is 31.1 Å². The van der Waals surface area contributed by atoms with Crippen molar-refractivity contribution in [2.45, 2.75) is 162 Å². The van der Waals surface area contributed by atoms with Gasteiger partial charge >= 0.3 is 5.97 Å². The maximum absolute atomic E-state index is 11.1. The standard InChI is InChI=1S/C11H21NO2.C10H19NO3.C9H18O2.C7H16/c1-8(13)5-6-9(10(12)14)7-11(2,3)4;1-10(2,3)6-7(9(11)14)4-5-8(12)13;1-7(11)8(6-10)5-9(2,3)4;1-5-6-7(2,3)4/h9H,5-7H2,1-4H3,(H2,12,14);7H,4-6H2,1-3H3,(H2,11,14)(H,12,13);8,10H,5-6H2,1-4H3;5-6H2,1-4H3. The largest absolute Gasteiger partial charge is 0.481 e. The number of amides is 2. The Bertz CT molecular complexity index is 837. The van der Waals surface area contributed by atoms with Gasteiger partial charge in [-0.15, -0.1) is 0 Å². The molecule has 0 aromatic rings. The van der Waals surface area contributed by atoms with Crippen molar-refractivity contribution in [2.75, 3.05) is 6.61 Å². The van der Waals surface area contributed by atoms with Crippen LogP contribution in [0.4, 0.5) is 0 Å². The van der Waals surface area contributed by atoms with Gasteiger partial charge in [0.2, 0.25) is 11.8 Å². The molecule has 3 atom stereocenters. The van der Waals surface area contributed by atoms with Crippen molar-refractivity contribution in [3.63, 3.8) is 0 Å². The fraction of sp³-hybridized carbons (Fsp3) is 0.865. The SMILES string of the molecule is CC(=O)C(CO)CC(C)(C)C.CC(=O)CCC(CC(C)(C)C)C(N)=O.CC(C)(C)CC(CCC(=O)O)C(N)=O.CCCC(C)(C)C. The summed E-state index contributed by atoms with van der Waals surface area (Å²) in [5, 5.41) is 17.3. The fourth-order valence-corrected chi connectivity index (χ4v) is 4.67. The highest BCUT2D eigenvalue weighted by atomic mass is 16.4. The second-order valence-corrected chi connectivity index (χ2v) is 17.5. The summed E-state index contributed by atoms with van der Waals surface area (Å²) in [5.41, 5.74) is 11.2. The summed E-state index contributed by atoms with van der Waals surface area (Å²) < 4.78 is 0. The van der Waals surface area contributed by atoms with E-state index in [1.807, 2.05) is 20.8 Å². The number of hydrogen-bond donors (Lipinski definition) is 4. The van der Waals surface area contributed by atoms with E-state index in [-0.39, 0.29) is 64.5 Å². The van der Waals surface area contributed by atoms with Crippen LogP contribution < -0.4 is 11.5 Å². The number of ketones is 2. The van der Waals surface area contributed by atoms with Crippen molar-refractivity contribution in [1.82, 2.24) is 0 Å². The highest BCUT2D eigenvalue weighted by molar-refractivity contribution is 5.79. The van der Waals surface area contributed by atoms with Gasteiger partial charge in [0.15, 0.2) is 0 Å². The van der Waals surface area contributed by atoms with Crippen molar-refractivity contribution in [3.05, 3.63) is 0 Å². The maximum Gasteiger partial charge on any atom is 0.303 e. The number of hydrogen-bond acceptors (Lipinski definition) is 6. The van der Waals surface area contributed by atoms with Gasteiger partial charge < -0.3 is 26.5 Å². The number of carbonyl (C=O) groups excluding carboxylic acids is 4. The molecule has 274 valence electrons. The van der Waals surface area contributed by atoms with Crippen molar-refractivity contribution in [1.29, 1.82) is 0 Å². The van der Waals surface area contributed by atoms with Gasteiger partial charge in [-0.3, -0.25) is 19.2 Å². The molecule has 0 bridgehead atoms. The Morgan fingerprint density at radius 2 is 0.913 bits per heavy atom. The van der Waals surface area contributed by atoms with E-state index >= 15 is 0 Å². The Morgan fingerprint density at radius 1 is 0.587 bits per heavy atom. The van der Waals surface area contributed by atoms with Gasteiger partial charge in [0.1, 0.15) is 11.6 Å². The van der Waals surface area contributed by atoms with Crippen LogP contribution in [-0.4, -0.2) is 46.2 Å². The second-order valence-electron chi connectivity index (χ2n) is 17.5. The summed E-state index contributed by atoms with van der Waals surface area (Å²) in [6.45, 7) is 30.5. The zero-order valence-electron chi connectivity index (χ0n) is 32.4. The monoisotopic (exact) mass is 659 g/mol. The highest BCUT2D eigenvalue weighted by Crippen LogP contribution is 2.28. The molecule has 0 heterocycles. The molecule has 0 saturated heterocycles. The molecule has 9 heteroatoms. The van der Waals surface area contributed by atoms with Crippen molar-refractivity contribution >= 4 is 29.4 Å². The average Bonchev–Trinajstić information content (AvgIpc) is 2.80. The minimum absolute atomic E-state index is 0.00179. The molecule has 3 unspecified atom stereocenters. The van der Waals surface area contributed by atoms with E-state index in [4.69, 9.17) is 21.7 Å². The van der Waals surface area contributed by atoms with Crippen LogP contribution in [0.25, 0.3) is 0 Å². The molecule has 0 fully saturated rings. The Hall–Kier alpha value is -2.29. The molecule has 0 radical (unpaired) electrons. The van der Waals surface area contributed by atoms with E-state index in [0.717, 1.165) is 12.8 Å². The van der Waals surface area contributed by atoms with Gasteiger partial charge in [-0.05, 0) is 74.0 Å². The zero-order valence-corrected chi connectivity index (χ0v) is 32.4. The van der Waals surface area contributed by atoms with E-state index in [1.54, 1.807) is 0 Å². The van der Waals surface area contributed by atoms with Gasteiger partial charge in [-0.2, -0.15) is 0 Å². The summed E-state index contributed by atoms with van der Waals surface area (Å²) in [5.74, 6) is -2.04. The summed E-state index contributed by atoms with van der Waals surface area (Å²) in [4.78, 5) is 54.1. The molecule has 9 nitrogen and oxygen atoms in total. The van der Waals surface area contributed by atoms with Crippen LogP contribution in [0.1, 0.15) is 162 Å². The first-order chi connectivity index (χ1) is 20.4. The van der Waals surface area contributed by atoms with Crippen LogP contribution in [0.2, 0.25) is 0 Å². The number of carboxylic acid groups (broad SMARTS) is 1. The minimum atomic E-state index is -0.884. The minimum Gasteiger partial charge on any atom is -0.481 e. The van der Waals surface area contributed by atoms with Crippen molar-refractivity contribution < 1.29 is 34.2 Å². The van der Waals surface area contributed by atoms with Crippen LogP contribution in [0, 0.1) is 39.4 Å². The van der Waals surface area contributed by atoms with Crippen LogP contribution in [0.15, 0.2) is 0 Å². The highest BCUT2D eigenvalue weighted by Gasteiger charge is 2.24. The molecular weight excluding hydrogens is 584 g/mol.